The van der Waals surface area contributed by atoms with Gasteiger partial charge in [-0.2, -0.15) is 0 Å². The van der Waals surface area contributed by atoms with Crippen molar-refractivity contribution in [3.8, 4) is 0 Å². The van der Waals surface area contributed by atoms with Crippen LogP contribution in [-0.4, -0.2) is 26.3 Å². The SMILES string of the molecule is COCCCNC(=O)Nc1ccccc1. The van der Waals surface area contributed by atoms with Crippen molar-refractivity contribution in [2.24, 2.45) is 0 Å². The first-order valence-corrected chi connectivity index (χ1v) is 4.92. The Morgan fingerprint density at radius 3 is 2.73 bits per heavy atom. The lowest BCUT2D eigenvalue weighted by Crippen LogP contribution is -2.29. The first kappa shape index (κ1) is 11.5. The predicted molar refractivity (Wildman–Crippen MR) is 60.0 cm³/mol. The van der Waals surface area contributed by atoms with Crippen molar-refractivity contribution >= 4 is 11.7 Å². The van der Waals surface area contributed by atoms with E-state index in [1.165, 1.54) is 0 Å². The van der Waals surface area contributed by atoms with Gasteiger partial charge in [0, 0.05) is 25.9 Å². The van der Waals surface area contributed by atoms with E-state index >= 15 is 0 Å². The fourth-order valence-corrected chi connectivity index (χ4v) is 1.12. The molecule has 0 bridgehead atoms. The molecular formula is C11H16N2O2. The fraction of sp³-hybridized carbons (Fsp3) is 0.364. The van der Waals surface area contributed by atoms with Crippen LogP contribution in [-0.2, 0) is 4.74 Å². The van der Waals surface area contributed by atoms with Crippen LogP contribution in [0.25, 0.3) is 0 Å². The summed E-state index contributed by atoms with van der Waals surface area (Å²) in [6.07, 6.45) is 0.818. The van der Waals surface area contributed by atoms with Crippen molar-refractivity contribution in [2.75, 3.05) is 25.6 Å². The molecule has 0 spiro atoms. The monoisotopic (exact) mass is 208 g/mol. The number of benzene rings is 1. The Hall–Kier alpha value is -1.55. The zero-order chi connectivity index (χ0) is 10.9. The number of hydrogen-bond acceptors (Lipinski definition) is 2. The van der Waals surface area contributed by atoms with E-state index in [2.05, 4.69) is 10.6 Å². The maximum atomic E-state index is 11.3. The van der Waals surface area contributed by atoms with E-state index in [1.807, 2.05) is 30.3 Å². The number of urea groups is 1. The second-order valence-corrected chi connectivity index (χ2v) is 3.09. The Bertz CT molecular complexity index is 288. The molecule has 2 amide bonds. The smallest absolute Gasteiger partial charge is 0.319 e. The van der Waals surface area contributed by atoms with E-state index in [9.17, 15) is 4.79 Å². The van der Waals surface area contributed by atoms with Gasteiger partial charge in [-0.15, -0.1) is 0 Å². The molecule has 0 aliphatic heterocycles. The summed E-state index contributed by atoms with van der Waals surface area (Å²) in [6, 6.07) is 9.16. The third kappa shape index (κ3) is 5.02. The molecule has 2 N–H and O–H groups in total. The van der Waals surface area contributed by atoms with Gasteiger partial charge in [0.2, 0.25) is 0 Å². The molecule has 1 aromatic carbocycles. The lowest BCUT2D eigenvalue weighted by atomic mass is 10.3. The quantitative estimate of drug-likeness (QED) is 0.725. The predicted octanol–water partition coefficient (Wildman–Crippen LogP) is 1.84. The number of carbonyl (C=O) groups is 1. The van der Waals surface area contributed by atoms with Crippen molar-refractivity contribution in [3.63, 3.8) is 0 Å². The van der Waals surface area contributed by atoms with E-state index in [-0.39, 0.29) is 6.03 Å². The molecule has 0 saturated carbocycles. The molecule has 0 aromatic heterocycles. The Kier molecular flexibility index (Phi) is 5.25. The second kappa shape index (κ2) is 6.84. The Balaban J connectivity index is 2.19. The molecule has 0 atom stereocenters. The van der Waals surface area contributed by atoms with Gasteiger partial charge in [0.1, 0.15) is 0 Å². The van der Waals surface area contributed by atoms with Gasteiger partial charge in [0.05, 0.1) is 0 Å². The molecule has 0 aliphatic carbocycles. The van der Waals surface area contributed by atoms with Gasteiger partial charge in [0.15, 0.2) is 0 Å². The summed E-state index contributed by atoms with van der Waals surface area (Å²) < 4.78 is 4.87. The number of ether oxygens (including phenoxy) is 1. The van der Waals surface area contributed by atoms with Crippen LogP contribution in [0.1, 0.15) is 6.42 Å². The van der Waals surface area contributed by atoms with Gasteiger partial charge in [-0.1, -0.05) is 18.2 Å². The van der Waals surface area contributed by atoms with E-state index < -0.39 is 0 Å². The largest absolute Gasteiger partial charge is 0.385 e. The van der Waals surface area contributed by atoms with Crippen LogP contribution in [0.2, 0.25) is 0 Å². The Morgan fingerprint density at radius 2 is 2.07 bits per heavy atom. The summed E-state index contributed by atoms with van der Waals surface area (Å²) >= 11 is 0. The van der Waals surface area contributed by atoms with Crippen LogP contribution >= 0.6 is 0 Å². The van der Waals surface area contributed by atoms with Gasteiger partial charge in [-0.25, -0.2) is 4.79 Å². The molecule has 82 valence electrons. The first-order valence-electron chi connectivity index (χ1n) is 4.92. The number of carbonyl (C=O) groups excluding carboxylic acids is 1. The van der Waals surface area contributed by atoms with Gasteiger partial charge < -0.3 is 15.4 Å². The zero-order valence-electron chi connectivity index (χ0n) is 8.82. The van der Waals surface area contributed by atoms with Crippen molar-refractivity contribution in [1.82, 2.24) is 5.32 Å². The zero-order valence-corrected chi connectivity index (χ0v) is 8.82. The summed E-state index contributed by atoms with van der Waals surface area (Å²) in [5.74, 6) is 0. The van der Waals surface area contributed by atoms with Crippen LogP contribution in [0.5, 0.6) is 0 Å². The number of nitrogens with one attached hydrogen (secondary N) is 2. The lowest BCUT2D eigenvalue weighted by Gasteiger charge is -2.06. The number of para-hydroxylation sites is 1. The van der Waals surface area contributed by atoms with Crippen LogP contribution in [0.15, 0.2) is 30.3 Å². The highest BCUT2D eigenvalue weighted by molar-refractivity contribution is 5.89. The van der Waals surface area contributed by atoms with E-state index in [1.54, 1.807) is 7.11 Å². The number of amides is 2. The molecule has 1 rings (SSSR count). The molecule has 0 heterocycles. The fourth-order valence-electron chi connectivity index (χ4n) is 1.12. The molecule has 0 fully saturated rings. The third-order valence-electron chi connectivity index (χ3n) is 1.84. The standard InChI is InChI=1S/C11H16N2O2/c1-15-9-5-8-12-11(14)13-10-6-3-2-4-7-10/h2-4,6-7H,5,8-9H2,1H3,(H2,12,13,14). The summed E-state index contributed by atoms with van der Waals surface area (Å²) in [7, 11) is 1.64. The average Bonchev–Trinajstić information content (AvgIpc) is 2.26. The highest BCUT2D eigenvalue weighted by Crippen LogP contribution is 2.03. The minimum atomic E-state index is -0.183. The van der Waals surface area contributed by atoms with Crippen LogP contribution in [0.3, 0.4) is 0 Å². The molecule has 15 heavy (non-hydrogen) atoms. The summed E-state index contributed by atoms with van der Waals surface area (Å²) in [5, 5.41) is 5.46. The third-order valence-corrected chi connectivity index (χ3v) is 1.84. The lowest BCUT2D eigenvalue weighted by molar-refractivity contribution is 0.194. The number of anilines is 1. The average molecular weight is 208 g/mol. The Morgan fingerprint density at radius 1 is 1.33 bits per heavy atom. The number of rotatable bonds is 5. The number of methoxy groups -OCH3 is 1. The molecule has 0 unspecified atom stereocenters. The molecule has 4 nitrogen and oxygen atoms in total. The highest BCUT2D eigenvalue weighted by Gasteiger charge is 1.98. The second-order valence-electron chi connectivity index (χ2n) is 3.09. The topological polar surface area (TPSA) is 50.4 Å². The van der Waals surface area contributed by atoms with Gasteiger partial charge in [-0.05, 0) is 18.6 Å². The Labute approximate surface area is 89.6 Å². The molecule has 1 aromatic rings. The first-order chi connectivity index (χ1) is 7.33. The van der Waals surface area contributed by atoms with Crippen LogP contribution in [0.4, 0.5) is 10.5 Å². The van der Waals surface area contributed by atoms with Crippen molar-refractivity contribution in [1.29, 1.82) is 0 Å². The minimum Gasteiger partial charge on any atom is -0.385 e. The van der Waals surface area contributed by atoms with Crippen molar-refractivity contribution < 1.29 is 9.53 Å². The summed E-state index contributed by atoms with van der Waals surface area (Å²) in [4.78, 5) is 11.3. The van der Waals surface area contributed by atoms with E-state index in [0.29, 0.717) is 13.2 Å². The molecule has 0 aliphatic rings. The van der Waals surface area contributed by atoms with E-state index in [4.69, 9.17) is 4.74 Å². The maximum Gasteiger partial charge on any atom is 0.319 e. The summed E-state index contributed by atoms with van der Waals surface area (Å²) in [6.45, 7) is 1.28. The maximum absolute atomic E-state index is 11.3. The van der Waals surface area contributed by atoms with Gasteiger partial charge in [0.25, 0.3) is 0 Å². The van der Waals surface area contributed by atoms with Gasteiger partial charge >= 0.3 is 6.03 Å². The normalized spacial score (nSPS) is 9.67. The minimum absolute atomic E-state index is 0.183. The van der Waals surface area contributed by atoms with Gasteiger partial charge in [-0.3, -0.25) is 0 Å². The summed E-state index contributed by atoms with van der Waals surface area (Å²) in [5.41, 5.74) is 0.793. The van der Waals surface area contributed by atoms with Crippen molar-refractivity contribution in [2.45, 2.75) is 6.42 Å². The molecule has 4 heteroatoms. The molecule has 0 radical (unpaired) electrons. The van der Waals surface area contributed by atoms with Crippen LogP contribution in [0, 0.1) is 0 Å². The number of hydrogen-bond donors (Lipinski definition) is 2. The van der Waals surface area contributed by atoms with E-state index in [0.717, 1.165) is 12.1 Å². The van der Waals surface area contributed by atoms with Crippen molar-refractivity contribution in [3.05, 3.63) is 30.3 Å². The highest BCUT2D eigenvalue weighted by atomic mass is 16.5. The molecule has 0 saturated heterocycles. The van der Waals surface area contributed by atoms with Crippen LogP contribution < -0.4 is 10.6 Å². The molecular weight excluding hydrogens is 192 g/mol.